The average molecular weight is 256 g/mol. The minimum Gasteiger partial charge on any atom is -0.354 e. The van der Waals surface area contributed by atoms with Gasteiger partial charge in [0.05, 0.1) is 6.04 Å². The van der Waals surface area contributed by atoms with Crippen LogP contribution in [0.3, 0.4) is 0 Å². The molecule has 0 bridgehead atoms. The number of rotatable bonds is 6. The van der Waals surface area contributed by atoms with Crippen LogP contribution >= 0.6 is 0 Å². The topological polar surface area (TPSA) is 42.5 Å². The molecule has 0 radical (unpaired) electrons. The molecular formula is C14H28N2O2. The molecule has 4 heteroatoms. The predicted molar refractivity (Wildman–Crippen MR) is 72.6 cm³/mol. The summed E-state index contributed by atoms with van der Waals surface area (Å²) < 4.78 is 10.7. The van der Waals surface area contributed by atoms with Gasteiger partial charge in [-0.1, -0.05) is 6.42 Å². The molecule has 0 aromatic heterocycles. The molecule has 18 heavy (non-hydrogen) atoms. The maximum absolute atomic E-state index is 5.33. The Labute approximate surface area is 111 Å². The molecule has 106 valence electrons. The molecule has 2 aliphatic rings. The first-order valence-electron chi connectivity index (χ1n) is 7.31. The highest BCUT2D eigenvalue weighted by atomic mass is 16.7. The van der Waals surface area contributed by atoms with Crippen LogP contribution in [0.4, 0.5) is 0 Å². The summed E-state index contributed by atoms with van der Waals surface area (Å²) in [5, 5.41) is 7.37. The van der Waals surface area contributed by atoms with Crippen molar-refractivity contribution in [2.24, 2.45) is 5.92 Å². The molecule has 1 aliphatic carbocycles. The van der Waals surface area contributed by atoms with Crippen LogP contribution in [-0.4, -0.2) is 45.2 Å². The van der Waals surface area contributed by atoms with Gasteiger partial charge in [-0.15, -0.1) is 0 Å². The summed E-state index contributed by atoms with van der Waals surface area (Å²) in [5.74, 6) is 0.782. The van der Waals surface area contributed by atoms with Crippen LogP contribution in [0.2, 0.25) is 0 Å². The minimum absolute atomic E-state index is 0.150. The van der Waals surface area contributed by atoms with Crippen LogP contribution in [0.15, 0.2) is 0 Å². The zero-order valence-electron chi connectivity index (χ0n) is 11.9. The highest BCUT2D eigenvalue weighted by Gasteiger charge is 2.36. The molecule has 0 aromatic rings. The van der Waals surface area contributed by atoms with E-state index in [0.29, 0.717) is 6.04 Å². The first-order valence-corrected chi connectivity index (χ1v) is 7.31. The van der Waals surface area contributed by atoms with Gasteiger partial charge >= 0.3 is 0 Å². The van der Waals surface area contributed by atoms with E-state index in [4.69, 9.17) is 9.47 Å². The van der Waals surface area contributed by atoms with Crippen LogP contribution in [0.5, 0.6) is 0 Å². The second-order valence-corrected chi connectivity index (χ2v) is 5.70. The summed E-state index contributed by atoms with van der Waals surface area (Å²) in [5.41, 5.74) is 0. The molecule has 0 amide bonds. The van der Waals surface area contributed by atoms with Crippen molar-refractivity contribution < 1.29 is 9.47 Å². The van der Waals surface area contributed by atoms with Crippen molar-refractivity contribution in [1.29, 1.82) is 0 Å². The Balaban J connectivity index is 1.86. The normalized spacial score (nSPS) is 34.3. The fraction of sp³-hybridized carbons (Fsp3) is 1.00. The van der Waals surface area contributed by atoms with Crippen molar-refractivity contribution in [3.63, 3.8) is 0 Å². The molecule has 0 spiro atoms. The van der Waals surface area contributed by atoms with Gasteiger partial charge in [0.15, 0.2) is 6.29 Å². The largest absolute Gasteiger partial charge is 0.354 e. The van der Waals surface area contributed by atoms with E-state index in [1.165, 1.54) is 38.6 Å². The second kappa shape index (κ2) is 6.85. The van der Waals surface area contributed by atoms with Crippen LogP contribution in [0.25, 0.3) is 0 Å². The summed E-state index contributed by atoms with van der Waals surface area (Å²) in [6.45, 7) is 3.34. The van der Waals surface area contributed by atoms with Gasteiger partial charge in [0.1, 0.15) is 0 Å². The van der Waals surface area contributed by atoms with Crippen LogP contribution in [0.1, 0.15) is 39.0 Å². The molecule has 0 aromatic carbocycles. The predicted octanol–water partition coefficient (Wildman–Crippen LogP) is 1.50. The number of nitrogens with one attached hydrogen (secondary N) is 2. The van der Waals surface area contributed by atoms with Gasteiger partial charge < -0.3 is 20.1 Å². The lowest BCUT2D eigenvalue weighted by Gasteiger charge is -2.31. The van der Waals surface area contributed by atoms with E-state index in [1.807, 2.05) is 0 Å². The van der Waals surface area contributed by atoms with Gasteiger partial charge in [-0.3, -0.25) is 0 Å². The standard InChI is InChI=1S/C14H28N2O2/c1-10(14(17-2)18-3)16-13-7-4-6-11(13)12-8-5-9-15-12/h10-16H,4-9H2,1-3H3. The van der Waals surface area contributed by atoms with E-state index in [-0.39, 0.29) is 12.3 Å². The van der Waals surface area contributed by atoms with Crippen molar-refractivity contribution in [3.05, 3.63) is 0 Å². The smallest absolute Gasteiger partial charge is 0.171 e. The Morgan fingerprint density at radius 1 is 1.11 bits per heavy atom. The highest BCUT2D eigenvalue weighted by molar-refractivity contribution is 4.94. The average Bonchev–Trinajstić information content (AvgIpc) is 3.00. The van der Waals surface area contributed by atoms with Crippen molar-refractivity contribution in [3.8, 4) is 0 Å². The quantitative estimate of drug-likeness (QED) is 0.707. The number of methoxy groups -OCH3 is 2. The summed E-state index contributed by atoms with van der Waals surface area (Å²) in [7, 11) is 3.41. The molecule has 1 aliphatic heterocycles. The number of hydrogen-bond donors (Lipinski definition) is 2. The molecule has 2 fully saturated rings. The molecule has 1 heterocycles. The number of ether oxygens (including phenoxy) is 2. The molecular weight excluding hydrogens is 228 g/mol. The van der Waals surface area contributed by atoms with Gasteiger partial charge in [-0.2, -0.15) is 0 Å². The van der Waals surface area contributed by atoms with Gasteiger partial charge in [0.25, 0.3) is 0 Å². The first kappa shape index (κ1) is 14.3. The van der Waals surface area contributed by atoms with Crippen molar-refractivity contribution in [2.45, 2.75) is 63.4 Å². The monoisotopic (exact) mass is 256 g/mol. The lowest BCUT2D eigenvalue weighted by molar-refractivity contribution is -0.121. The maximum atomic E-state index is 5.33. The zero-order chi connectivity index (χ0) is 13.0. The van der Waals surface area contributed by atoms with Crippen LogP contribution in [-0.2, 0) is 9.47 Å². The highest BCUT2D eigenvalue weighted by Crippen LogP contribution is 2.32. The molecule has 1 saturated carbocycles. The van der Waals surface area contributed by atoms with E-state index < -0.39 is 0 Å². The van der Waals surface area contributed by atoms with Gasteiger partial charge in [-0.05, 0) is 45.1 Å². The summed E-state index contributed by atoms with van der Waals surface area (Å²) >= 11 is 0. The third-order valence-corrected chi connectivity index (χ3v) is 4.53. The van der Waals surface area contributed by atoms with E-state index >= 15 is 0 Å². The first-order chi connectivity index (χ1) is 8.76. The maximum Gasteiger partial charge on any atom is 0.171 e. The van der Waals surface area contributed by atoms with Gasteiger partial charge in [0.2, 0.25) is 0 Å². The van der Waals surface area contributed by atoms with Gasteiger partial charge in [0, 0.05) is 26.3 Å². The van der Waals surface area contributed by atoms with E-state index in [0.717, 1.165) is 12.0 Å². The van der Waals surface area contributed by atoms with Crippen LogP contribution < -0.4 is 10.6 Å². The fourth-order valence-electron chi connectivity index (χ4n) is 3.67. The Hall–Kier alpha value is -0.160. The zero-order valence-corrected chi connectivity index (χ0v) is 11.9. The van der Waals surface area contributed by atoms with Crippen LogP contribution in [0, 0.1) is 5.92 Å². The lowest BCUT2D eigenvalue weighted by atomic mass is 9.92. The molecule has 2 N–H and O–H groups in total. The Bertz CT molecular complexity index is 240. The summed E-state index contributed by atoms with van der Waals surface area (Å²) in [4.78, 5) is 0. The third-order valence-electron chi connectivity index (χ3n) is 4.53. The third kappa shape index (κ3) is 3.23. The Morgan fingerprint density at radius 3 is 2.50 bits per heavy atom. The number of hydrogen-bond acceptors (Lipinski definition) is 4. The molecule has 4 unspecified atom stereocenters. The Morgan fingerprint density at radius 2 is 1.89 bits per heavy atom. The van der Waals surface area contributed by atoms with Gasteiger partial charge in [-0.25, -0.2) is 0 Å². The van der Waals surface area contributed by atoms with Crippen molar-refractivity contribution in [1.82, 2.24) is 10.6 Å². The van der Waals surface area contributed by atoms with E-state index in [1.54, 1.807) is 14.2 Å². The van der Waals surface area contributed by atoms with Crippen molar-refractivity contribution in [2.75, 3.05) is 20.8 Å². The molecule has 1 saturated heterocycles. The molecule has 4 nitrogen and oxygen atoms in total. The lowest BCUT2D eigenvalue weighted by Crippen LogP contribution is -2.49. The Kier molecular flexibility index (Phi) is 5.42. The minimum atomic E-state index is -0.150. The van der Waals surface area contributed by atoms with Crippen molar-refractivity contribution >= 4 is 0 Å². The van der Waals surface area contributed by atoms with E-state index in [2.05, 4.69) is 17.6 Å². The fourth-order valence-corrected chi connectivity index (χ4v) is 3.67. The molecule has 2 rings (SSSR count). The second-order valence-electron chi connectivity index (χ2n) is 5.70. The summed E-state index contributed by atoms with van der Waals surface area (Å²) in [6.07, 6.45) is 6.51. The SMILES string of the molecule is COC(OC)C(C)NC1CCCC1C1CCCN1. The molecule has 4 atom stereocenters. The van der Waals surface area contributed by atoms with E-state index in [9.17, 15) is 0 Å². The summed E-state index contributed by atoms with van der Waals surface area (Å²) in [6, 6.07) is 1.58.